The number of pyridine rings is 1. The van der Waals surface area contributed by atoms with Crippen molar-refractivity contribution < 1.29 is 4.39 Å². The Kier molecular flexibility index (Phi) is 3.15. The third-order valence-electron chi connectivity index (χ3n) is 3.63. The average Bonchev–Trinajstić information content (AvgIpc) is 3.17. The predicted molar refractivity (Wildman–Crippen MR) is 86.5 cm³/mol. The molecule has 4 rings (SSSR count). The van der Waals surface area contributed by atoms with Crippen LogP contribution < -0.4 is 10.6 Å². The molecule has 4 nitrogen and oxygen atoms in total. The molecule has 2 aromatic heterocycles. The van der Waals surface area contributed by atoms with Gasteiger partial charge in [0, 0.05) is 22.8 Å². The lowest BCUT2D eigenvalue weighted by Crippen LogP contribution is -2.07. The van der Waals surface area contributed by atoms with Crippen molar-refractivity contribution in [2.24, 2.45) is 0 Å². The highest BCUT2D eigenvalue weighted by Gasteiger charge is 2.22. The Balaban J connectivity index is 1.72. The quantitative estimate of drug-likeness (QED) is 0.747. The Morgan fingerprint density at radius 1 is 1.18 bits per heavy atom. The first-order chi connectivity index (χ1) is 10.7. The molecule has 1 aliphatic rings. The van der Waals surface area contributed by atoms with Crippen molar-refractivity contribution in [3.05, 3.63) is 53.4 Å². The summed E-state index contributed by atoms with van der Waals surface area (Å²) in [5.41, 5.74) is 2.08. The van der Waals surface area contributed by atoms with E-state index in [4.69, 9.17) is 11.6 Å². The van der Waals surface area contributed by atoms with Crippen LogP contribution in [0.25, 0.3) is 5.52 Å². The normalized spacial score (nSPS) is 14.3. The number of anilines is 3. The van der Waals surface area contributed by atoms with Crippen molar-refractivity contribution in [3.63, 3.8) is 0 Å². The third kappa shape index (κ3) is 2.60. The molecule has 2 N–H and O–H groups in total. The first-order valence-electron chi connectivity index (χ1n) is 7.15. The summed E-state index contributed by atoms with van der Waals surface area (Å²) < 4.78 is 15.7. The molecule has 1 aliphatic carbocycles. The van der Waals surface area contributed by atoms with Crippen LogP contribution in [0.3, 0.4) is 0 Å². The fourth-order valence-corrected chi connectivity index (χ4v) is 2.57. The number of halogens is 2. The zero-order valence-corrected chi connectivity index (χ0v) is 12.4. The predicted octanol–water partition coefficient (Wildman–Crippen LogP) is 4.44. The number of nitrogens with zero attached hydrogens (tertiary/aromatic N) is 2. The number of hydrogen-bond acceptors (Lipinski definition) is 3. The second kappa shape index (κ2) is 5.18. The highest BCUT2D eigenvalue weighted by atomic mass is 35.5. The number of nitrogens with one attached hydrogen (secondary N) is 2. The van der Waals surface area contributed by atoms with Crippen LogP contribution >= 0.6 is 11.6 Å². The van der Waals surface area contributed by atoms with Gasteiger partial charge in [-0.1, -0.05) is 11.6 Å². The molecule has 1 aromatic carbocycles. The minimum atomic E-state index is -0.338. The minimum Gasteiger partial charge on any atom is -0.367 e. The average molecular weight is 317 g/mol. The molecule has 1 fully saturated rings. The molecule has 0 atom stereocenters. The van der Waals surface area contributed by atoms with E-state index in [0.29, 0.717) is 16.8 Å². The van der Waals surface area contributed by atoms with Gasteiger partial charge in [0.05, 0.1) is 17.4 Å². The summed E-state index contributed by atoms with van der Waals surface area (Å²) in [7, 11) is 0. The van der Waals surface area contributed by atoms with E-state index in [2.05, 4.69) is 15.7 Å². The van der Waals surface area contributed by atoms with E-state index in [1.165, 1.54) is 25.0 Å². The Hall–Kier alpha value is -2.27. The van der Waals surface area contributed by atoms with E-state index in [1.807, 2.05) is 22.7 Å². The molecule has 0 radical (unpaired) electrons. The van der Waals surface area contributed by atoms with Crippen molar-refractivity contribution in [1.82, 2.24) is 9.61 Å². The fourth-order valence-electron chi connectivity index (χ4n) is 2.39. The third-order valence-corrected chi connectivity index (χ3v) is 3.87. The molecule has 1 saturated carbocycles. The number of rotatable bonds is 4. The van der Waals surface area contributed by atoms with Gasteiger partial charge in [-0.3, -0.25) is 0 Å². The molecular formula is C16H14ClFN4. The Morgan fingerprint density at radius 3 is 2.86 bits per heavy atom. The van der Waals surface area contributed by atoms with E-state index in [9.17, 15) is 4.39 Å². The minimum absolute atomic E-state index is 0.338. The second-order valence-electron chi connectivity index (χ2n) is 5.46. The summed E-state index contributed by atoms with van der Waals surface area (Å²) in [5.74, 6) is 0.560. The van der Waals surface area contributed by atoms with Crippen LogP contribution in [0.2, 0.25) is 5.02 Å². The summed E-state index contributed by atoms with van der Waals surface area (Å²) in [4.78, 5) is 0. The van der Waals surface area contributed by atoms with Gasteiger partial charge in [-0.15, -0.1) is 0 Å². The van der Waals surface area contributed by atoms with Crippen LogP contribution in [-0.4, -0.2) is 15.7 Å². The maximum Gasteiger partial charge on any atom is 0.146 e. The Labute approximate surface area is 131 Å². The highest BCUT2D eigenvalue weighted by Crippen LogP contribution is 2.29. The zero-order valence-electron chi connectivity index (χ0n) is 11.7. The van der Waals surface area contributed by atoms with Crippen molar-refractivity contribution >= 4 is 34.3 Å². The molecule has 0 saturated heterocycles. The maximum atomic E-state index is 13.9. The molecule has 0 aliphatic heterocycles. The van der Waals surface area contributed by atoms with Gasteiger partial charge in [-0.2, -0.15) is 5.10 Å². The maximum absolute atomic E-state index is 13.9. The summed E-state index contributed by atoms with van der Waals surface area (Å²) in [6.07, 6.45) is 4.09. The Bertz CT molecular complexity index is 841. The van der Waals surface area contributed by atoms with Gasteiger partial charge in [0.1, 0.15) is 11.6 Å². The van der Waals surface area contributed by atoms with E-state index >= 15 is 0 Å². The van der Waals surface area contributed by atoms with E-state index in [-0.39, 0.29) is 5.82 Å². The number of aromatic nitrogens is 2. The summed E-state index contributed by atoms with van der Waals surface area (Å²) in [5, 5.41) is 11.3. The first-order valence-corrected chi connectivity index (χ1v) is 7.53. The monoisotopic (exact) mass is 316 g/mol. The van der Waals surface area contributed by atoms with E-state index < -0.39 is 0 Å². The van der Waals surface area contributed by atoms with Crippen molar-refractivity contribution in [2.45, 2.75) is 18.9 Å². The molecule has 3 aromatic rings. The van der Waals surface area contributed by atoms with Gasteiger partial charge in [0.25, 0.3) is 0 Å². The molecular weight excluding hydrogens is 303 g/mol. The molecule has 0 spiro atoms. The van der Waals surface area contributed by atoms with Crippen LogP contribution in [0, 0.1) is 5.82 Å². The van der Waals surface area contributed by atoms with Crippen molar-refractivity contribution in [1.29, 1.82) is 0 Å². The molecule has 22 heavy (non-hydrogen) atoms. The van der Waals surface area contributed by atoms with Crippen LogP contribution in [-0.2, 0) is 0 Å². The second-order valence-corrected chi connectivity index (χ2v) is 5.90. The number of benzene rings is 1. The summed E-state index contributed by atoms with van der Waals surface area (Å²) in [6.45, 7) is 0. The van der Waals surface area contributed by atoms with Crippen molar-refractivity contribution in [3.8, 4) is 0 Å². The molecule has 0 bridgehead atoms. The first kappa shape index (κ1) is 13.4. The zero-order chi connectivity index (χ0) is 15.1. The van der Waals surface area contributed by atoms with Crippen LogP contribution in [0.1, 0.15) is 12.8 Å². The van der Waals surface area contributed by atoms with Gasteiger partial charge in [-0.05, 0) is 43.2 Å². The largest absolute Gasteiger partial charge is 0.367 e. The van der Waals surface area contributed by atoms with E-state index in [1.54, 1.807) is 12.3 Å². The summed E-state index contributed by atoms with van der Waals surface area (Å²) >= 11 is 5.94. The van der Waals surface area contributed by atoms with E-state index in [0.717, 1.165) is 17.0 Å². The number of hydrogen-bond donors (Lipinski definition) is 2. The van der Waals surface area contributed by atoms with Gasteiger partial charge >= 0.3 is 0 Å². The van der Waals surface area contributed by atoms with Gasteiger partial charge < -0.3 is 10.6 Å². The van der Waals surface area contributed by atoms with Crippen LogP contribution in [0.5, 0.6) is 0 Å². The van der Waals surface area contributed by atoms with Crippen LogP contribution in [0.4, 0.5) is 21.6 Å². The SMILES string of the molecule is Fc1ccc(Cl)cc1Nc1cc(NC2CC2)n2nccc2c1. The van der Waals surface area contributed by atoms with Gasteiger partial charge in [0.2, 0.25) is 0 Å². The van der Waals surface area contributed by atoms with Gasteiger partial charge in [0.15, 0.2) is 0 Å². The smallest absolute Gasteiger partial charge is 0.146 e. The molecule has 0 unspecified atom stereocenters. The van der Waals surface area contributed by atoms with Gasteiger partial charge in [-0.25, -0.2) is 8.91 Å². The molecule has 0 amide bonds. The molecule has 2 heterocycles. The summed E-state index contributed by atoms with van der Waals surface area (Å²) in [6, 6.07) is 10.7. The Morgan fingerprint density at radius 2 is 2.05 bits per heavy atom. The highest BCUT2D eigenvalue weighted by molar-refractivity contribution is 6.30. The molecule has 6 heteroatoms. The lowest BCUT2D eigenvalue weighted by Gasteiger charge is -2.13. The number of fused-ring (bicyclic) bond motifs is 1. The van der Waals surface area contributed by atoms with Crippen molar-refractivity contribution in [2.75, 3.05) is 10.6 Å². The fraction of sp³-hybridized carbons (Fsp3) is 0.188. The standard InChI is InChI=1S/C16H14ClFN4/c17-10-1-4-14(18)15(7-10)20-12-8-13-5-6-19-22(13)16(9-12)21-11-2-3-11/h1,4-9,11,20-21H,2-3H2. The van der Waals surface area contributed by atoms with Crippen LogP contribution in [0.15, 0.2) is 42.6 Å². The topological polar surface area (TPSA) is 41.4 Å². The molecule has 112 valence electrons. The lowest BCUT2D eigenvalue weighted by atomic mass is 10.2. The lowest BCUT2D eigenvalue weighted by molar-refractivity contribution is 0.632.